The molecule has 0 saturated carbocycles. The molecule has 0 amide bonds. The molecule has 0 nitrogen and oxygen atoms in total. The van der Waals surface area contributed by atoms with Gasteiger partial charge < -0.3 is 0 Å². The molecule has 0 heterocycles. The third-order valence-corrected chi connectivity index (χ3v) is 2.05. The van der Waals surface area contributed by atoms with Gasteiger partial charge in [0.05, 0.1) is 11.6 Å². The van der Waals surface area contributed by atoms with E-state index in [1.165, 1.54) is 12.1 Å². The molecular formula is C13H13F2Y-. The minimum absolute atomic E-state index is 0. The first kappa shape index (κ1) is 15.6. The summed E-state index contributed by atoms with van der Waals surface area (Å²) in [6, 6.07) is 3.34. The van der Waals surface area contributed by atoms with E-state index < -0.39 is 11.6 Å². The predicted molar refractivity (Wildman–Crippen MR) is 57.0 cm³/mol. The van der Waals surface area contributed by atoms with E-state index in [0.717, 1.165) is 6.07 Å². The van der Waals surface area contributed by atoms with Crippen molar-refractivity contribution < 1.29 is 41.5 Å². The van der Waals surface area contributed by atoms with Crippen molar-refractivity contribution in [3.05, 3.63) is 41.3 Å². The summed E-state index contributed by atoms with van der Waals surface area (Å²) in [5.41, 5.74) is 0.136. The van der Waals surface area contributed by atoms with Crippen molar-refractivity contribution in [3.8, 4) is 12.3 Å². The Bertz CT molecular complexity index is 379. The first-order chi connectivity index (χ1) is 6.84. The van der Waals surface area contributed by atoms with Gasteiger partial charge >= 0.3 is 0 Å². The van der Waals surface area contributed by atoms with Gasteiger partial charge in [0.1, 0.15) is 0 Å². The summed E-state index contributed by atoms with van der Waals surface area (Å²) in [5.74, 6) is 1.88. The van der Waals surface area contributed by atoms with E-state index in [2.05, 4.69) is 5.92 Å². The van der Waals surface area contributed by atoms with E-state index >= 15 is 0 Å². The number of rotatable bonds is 1. The maximum absolute atomic E-state index is 13.0. The summed E-state index contributed by atoms with van der Waals surface area (Å²) in [7, 11) is 0. The smallest absolute Gasteiger partial charge is 0.0844 e. The monoisotopic (exact) mass is 296 g/mol. The third kappa shape index (κ3) is 3.88. The first-order valence-electron chi connectivity index (χ1n) is 4.65. The second-order valence-electron chi connectivity index (χ2n) is 4.43. The van der Waals surface area contributed by atoms with Crippen molar-refractivity contribution in [1.29, 1.82) is 0 Å². The van der Waals surface area contributed by atoms with Crippen LogP contribution in [0.25, 0.3) is 0 Å². The molecule has 1 aromatic rings. The Hall–Kier alpha value is -0.386. The van der Waals surface area contributed by atoms with Crippen LogP contribution >= 0.6 is 0 Å². The van der Waals surface area contributed by atoms with Crippen LogP contribution in [0.5, 0.6) is 0 Å². The number of halogens is 2. The Kier molecular flexibility index (Phi) is 5.66. The van der Waals surface area contributed by atoms with Gasteiger partial charge in [-0.2, -0.15) is 5.92 Å². The normalized spacial score (nSPS) is 10.2. The van der Waals surface area contributed by atoms with Gasteiger partial charge in [0.25, 0.3) is 0 Å². The van der Waals surface area contributed by atoms with Gasteiger partial charge in [-0.1, -0.05) is 38.8 Å². The average Bonchev–Trinajstić information content (AvgIpc) is 1.99. The fourth-order valence-electron chi connectivity index (χ4n) is 1.43. The fraction of sp³-hybridized carbons (Fsp3) is 0.308. The number of hydrogen-bond donors (Lipinski definition) is 0. The SMILES string of the molecule is C#C[C-](c1cc(F)cc(F)c1)C(C)(C)C.[Y]. The second-order valence-corrected chi connectivity index (χ2v) is 4.43. The molecule has 0 aromatic heterocycles. The van der Waals surface area contributed by atoms with Gasteiger partial charge in [-0.3, -0.25) is 0 Å². The molecular weight excluding hydrogens is 283 g/mol. The molecule has 0 N–H and O–H groups in total. The summed E-state index contributed by atoms with van der Waals surface area (Å²) in [6.07, 6.45) is 5.36. The largest absolute Gasteiger partial charge is 0.228 e. The van der Waals surface area contributed by atoms with Crippen molar-refractivity contribution >= 4 is 0 Å². The van der Waals surface area contributed by atoms with E-state index in [-0.39, 0.29) is 38.1 Å². The molecule has 3 heteroatoms. The predicted octanol–water partition coefficient (Wildman–Crippen LogP) is 3.56. The standard InChI is InChI=1S/C13H13F2.Y/c1-5-12(13(2,3)4)9-6-10(14)8-11(15)7-9;/h1,6-8H,2-4H3;/q-1;. The minimum Gasteiger partial charge on any atom is -0.228 e. The van der Waals surface area contributed by atoms with Crippen molar-refractivity contribution in [2.24, 2.45) is 5.41 Å². The van der Waals surface area contributed by atoms with Crippen LogP contribution in [0.3, 0.4) is 0 Å². The van der Waals surface area contributed by atoms with E-state index in [9.17, 15) is 8.78 Å². The Morgan fingerprint density at radius 3 is 1.88 bits per heavy atom. The van der Waals surface area contributed by atoms with Gasteiger partial charge in [0, 0.05) is 32.7 Å². The van der Waals surface area contributed by atoms with Gasteiger partial charge in [-0.25, -0.2) is 15.2 Å². The molecule has 0 atom stereocenters. The van der Waals surface area contributed by atoms with Crippen molar-refractivity contribution in [2.45, 2.75) is 20.8 Å². The molecule has 0 fully saturated rings. The zero-order valence-electron chi connectivity index (χ0n) is 9.64. The van der Waals surface area contributed by atoms with Crippen LogP contribution in [0.1, 0.15) is 26.3 Å². The molecule has 0 unspecified atom stereocenters. The quantitative estimate of drug-likeness (QED) is 0.549. The summed E-state index contributed by atoms with van der Waals surface area (Å²) in [6.45, 7) is 5.72. The van der Waals surface area contributed by atoms with E-state index in [0.29, 0.717) is 11.5 Å². The van der Waals surface area contributed by atoms with Crippen LogP contribution in [-0.2, 0) is 32.7 Å². The molecule has 83 valence electrons. The van der Waals surface area contributed by atoms with Crippen LogP contribution in [0, 0.1) is 35.3 Å². The first-order valence-corrected chi connectivity index (χ1v) is 4.65. The molecule has 1 aromatic carbocycles. The van der Waals surface area contributed by atoms with E-state index in [4.69, 9.17) is 6.42 Å². The van der Waals surface area contributed by atoms with Crippen LogP contribution in [0.4, 0.5) is 8.78 Å². The second kappa shape index (κ2) is 5.80. The average molecular weight is 296 g/mol. The van der Waals surface area contributed by atoms with Crippen LogP contribution in [0.15, 0.2) is 18.2 Å². The number of hydrogen-bond acceptors (Lipinski definition) is 0. The summed E-state index contributed by atoms with van der Waals surface area (Å²) >= 11 is 0. The summed E-state index contributed by atoms with van der Waals surface area (Å²) in [5, 5.41) is 0. The number of benzene rings is 1. The van der Waals surface area contributed by atoms with E-state index in [1.807, 2.05) is 20.8 Å². The van der Waals surface area contributed by atoms with E-state index in [1.54, 1.807) is 0 Å². The molecule has 1 rings (SSSR count). The molecule has 1 radical (unpaired) electrons. The molecule has 0 aliphatic heterocycles. The Balaban J connectivity index is 0.00000225. The Labute approximate surface area is 121 Å². The molecule has 0 bridgehead atoms. The molecule has 16 heavy (non-hydrogen) atoms. The molecule has 0 aliphatic rings. The van der Waals surface area contributed by atoms with Gasteiger partial charge in [0.2, 0.25) is 0 Å². The number of terminal acetylenes is 1. The fourth-order valence-corrected chi connectivity index (χ4v) is 1.43. The zero-order valence-corrected chi connectivity index (χ0v) is 12.5. The van der Waals surface area contributed by atoms with Crippen molar-refractivity contribution in [1.82, 2.24) is 0 Å². The van der Waals surface area contributed by atoms with Crippen LogP contribution in [-0.4, -0.2) is 0 Å². The topological polar surface area (TPSA) is 0 Å². The van der Waals surface area contributed by atoms with Gasteiger partial charge in [-0.15, -0.1) is 5.56 Å². The van der Waals surface area contributed by atoms with Crippen molar-refractivity contribution in [3.63, 3.8) is 0 Å². The van der Waals surface area contributed by atoms with Crippen LogP contribution in [0.2, 0.25) is 0 Å². The van der Waals surface area contributed by atoms with Crippen LogP contribution < -0.4 is 0 Å². The molecule has 0 spiro atoms. The maximum Gasteiger partial charge on any atom is 0.0844 e. The molecule has 0 saturated heterocycles. The van der Waals surface area contributed by atoms with Gasteiger partial charge in [-0.05, 0) is 11.5 Å². The Morgan fingerprint density at radius 1 is 1.12 bits per heavy atom. The Morgan fingerprint density at radius 2 is 1.56 bits per heavy atom. The molecule has 0 aliphatic carbocycles. The summed E-state index contributed by atoms with van der Waals surface area (Å²) in [4.78, 5) is 0. The van der Waals surface area contributed by atoms with Gasteiger partial charge in [0.15, 0.2) is 0 Å². The van der Waals surface area contributed by atoms with Crippen molar-refractivity contribution in [2.75, 3.05) is 0 Å². The zero-order chi connectivity index (χ0) is 11.6. The third-order valence-electron chi connectivity index (χ3n) is 2.05. The minimum atomic E-state index is -0.609. The summed E-state index contributed by atoms with van der Waals surface area (Å²) < 4.78 is 26.0. The maximum atomic E-state index is 13.0.